The number of nitrogens with zero attached hydrogens (tertiary/aromatic N) is 1. The summed E-state index contributed by atoms with van der Waals surface area (Å²) in [7, 11) is -3.07. The van der Waals surface area contributed by atoms with Crippen LogP contribution in [0.2, 0.25) is 0 Å². The van der Waals surface area contributed by atoms with Crippen LogP contribution in [0.3, 0.4) is 0 Å². The zero-order valence-electron chi connectivity index (χ0n) is 16.5. The molecule has 0 spiro atoms. The van der Waals surface area contributed by atoms with Gasteiger partial charge in [-0.05, 0) is 42.5 Å². The van der Waals surface area contributed by atoms with Crippen molar-refractivity contribution in [3.63, 3.8) is 0 Å². The monoisotopic (exact) mass is 397 g/mol. The van der Waals surface area contributed by atoms with Crippen molar-refractivity contribution in [1.82, 2.24) is 4.90 Å². The summed E-state index contributed by atoms with van der Waals surface area (Å²) in [5.41, 5.74) is 4.37. The summed E-state index contributed by atoms with van der Waals surface area (Å²) in [5.74, 6) is 0.0458. The lowest BCUT2D eigenvalue weighted by atomic mass is 10.1. The predicted octanol–water partition coefficient (Wildman–Crippen LogP) is 3.79. The normalized spacial score (nSPS) is 18.4. The van der Waals surface area contributed by atoms with Crippen LogP contribution in [0, 0.1) is 6.92 Å². The van der Waals surface area contributed by atoms with Crippen molar-refractivity contribution in [3.8, 4) is 0 Å². The van der Waals surface area contributed by atoms with Crippen LogP contribution in [-0.2, 0) is 27.6 Å². The molecule has 1 aliphatic rings. The SMILES string of the molecule is CCc1ccc(CN(C(=O)C=Cc2ccc(C)cc2)C2CCS(=O)(=O)C2)cc1. The van der Waals surface area contributed by atoms with Crippen molar-refractivity contribution < 1.29 is 13.2 Å². The van der Waals surface area contributed by atoms with E-state index in [1.807, 2.05) is 43.3 Å². The number of sulfone groups is 1. The zero-order valence-corrected chi connectivity index (χ0v) is 17.3. The van der Waals surface area contributed by atoms with E-state index in [9.17, 15) is 13.2 Å². The van der Waals surface area contributed by atoms with Crippen LogP contribution in [0.4, 0.5) is 0 Å². The Morgan fingerprint density at radius 3 is 2.29 bits per heavy atom. The van der Waals surface area contributed by atoms with Crippen LogP contribution < -0.4 is 0 Å². The lowest BCUT2D eigenvalue weighted by Gasteiger charge is -2.27. The molecule has 0 aromatic heterocycles. The molecular formula is C23H27NO3S. The first-order valence-corrected chi connectivity index (χ1v) is 11.5. The molecule has 0 radical (unpaired) electrons. The minimum atomic E-state index is -3.07. The molecule has 1 amide bonds. The van der Waals surface area contributed by atoms with Crippen molar-refractivity contribution in [2.75, 3.05) is 11.5 Å². The van der Waals surface area contributed by atoms with Crippen molar-refractivity contribution in [2.45, 2.75) is 39.3 Å². The van der Waals surface area contributed by atoms with Gasteiger partial charge in [0.05, 0.1) is 11.5 Å². The zero-order chi connectivity index (χ0) is 20.1. The van der Waals surface area contributed by atoms with Gasteiger partial charge in [0.2, 0.25) is 5.91 Å². The number of hydrogen-bond donors (Lipinski definition) is 0. The molecule has 1 heterocycles. The molecule has 148 valence electrons. The first-order chi connectivity index (χ1) is 13.4. The second-order valence-corrected chi connectivity index (χ2v) is 9.67. The van der Waals surface area contributed by atoms with Crippen LogP contribution in [0.15, 0.2) is 54.6 Å². The van der Waals surface area contributed by atoms with E-state index in [4.69, 9.17) is 0 Å². The molecule has 0 saturated carbocycles. The number of carbonyl (C=O) groups is 1. The highest BCUT2D eigenvalue weighted by atomic mass is 32.2. The largest absolute Gasteiger partial charge is 0.331 e. The van der Waals surface area contributed by atoms with Crippen molar-refractivity contribution in [3.05, 3.63) is 76.9 Å². The topological polar surface area (TPSA) is 54.5 Å². The molecule has 4 nitrogen and oxygen atoms in total. The molecule has 5 heteroatoms. The first-order valence-electron chi connectivity index (χ1n) is 9.70. The van der Waals surface area contributed by atoms with E-state index in [-0.39, 0.29) is 23.5 Å². The lowest BCUT2D eigenvalue weighted by molar-refractivity contribution is -0.128. The summed E-state index contributed by atoms with van der Waals surface area (Å²) >= 11 is 0. The summed E-state index contributed by atoms with van der Waals surface area (Å²) in [4.78, 5) is 14.7. The second-order valence-electron chi connectivity index (χ2n) is 7.44. The molecule has 1 unspecified atom stereocenters. The van der Waals surface area contributed by atoms with Gasteiger partial charge < -0.3 is 4.90 Å². The maximum atomic E-state index is 13.0. The third-order valence-electron chi connectivity index (χ3n) is 5.21. The van der Waals surface area contributed by atoms with E-state index in [0.717, 1.165) is 23.1 Å². The molecule has 0 aliphatic carbocycles. The van der Waals surface area contributed by atoms with Gasteiger partial charge in [-0.3, -0.25) is 4.79 Å². The fourth-order valence-electron chi connectivity index (χ4n) is 3.43. The quantitative estimate of drug-likeness (QED) is 0.697. The Morgan fingerprint density at radius 1 is 1.07 bits per heavy atom. The summed E-state index contributed by atoms with van der Waals surface area (Å²) in [6, 6.07) is 15.8. The summed E-state index contributed by atoms with van der Waals surface area (Å²) < 4.78 is 23.9. The molecule has 0 bridgehead atoms. The van der Waals surface area contributed by atoms with E-state index in [0.29, 0.717) is 13.0 Å². The van der Waals surface area contributed by atoms with Gasteiger partial charge in [-0.25, -0.2) is 8.42 Å². The van der Waals surface area contributed by atoms with Crippen LogP contribution in [0.25, 0.3) is 6.08 Å². The maximum Gasteiger partial charge on any atom is 0.247 e. The van der Waals surface area contributed by atoms with Gasteiger partial charge in [0.1, 0.15) is 0 Å². The van der Waals surface area contributed by atoms with E-state index in [1.165, 1.54) is 5.56 Å². The fourth-order valence-corrected chi connectivity index (χ4v) is 5.16. The standard InChI is InChI=1S/C23H27NO3S/c1-3-19-8-10-21(11-9-19)16-24(22-14-15-28(26,27)17-22)23(25)13-12-20-6-4-18(2)5-7-20/h4-13,22H,3,14-17H2,1-2H3. The molecule has 2 aromatic carbocycles. The van der Waals surface area contributed by atoms with E-state index >= 15 is 0 Å². The fraction of sp³-hybridized carbons (Fsp3) is 0.348. The van der Waals surface area contributed by atoms with E-state index < -0.39 is 9.84 Å². The number of benzene rings is 2. The van der Waals surface area contributed by atoms with E-state index in [2.05, 4.69) is 19.1 Å². The summed E-state index contributed by atoms with van der Waals surface area (Å²) in [6.07, 6.45) is 4.80. The highest BCUT2D eigenvalue weighted by Crippen LogP contribution is 2.21. The smallest absolute Gasteiger partial charge is 0.247 e. The van der Waals surface area contributed by atoms with Gasteiger partial charge in [-0.15, -0.1) is 0 Å². The number of amides is 1. The Morgan fingerprint density at radius 2 is 1.71 bits per heavy atom. The first kappa shape index (κ1) is 20.3. The number of hydrogen-bond acceptors (Lipinski definition) is 3. The van der Waals surface area contributed by atoms with Crippen molar-refractivity contribution in [1.29, 1.82) is 0 Å². The predicted molar refractivity (Wildman–Crippen MR) is 114 cm³/mol. The molecule has 2 aromatic rings. The molecule has 1 aliphatic heterocycles. The molecule has 3 rings (SSSR count). The minimum absolute atomic E-state index is 0.0458. The number of rotatable bonds is 6. The van der Waals surface area contributed by atoms with Gasteiger partial charge >= 0.3 is 0 Å². The number of carbonyl (C=O) groups excluding carboxylic acids is 1. The molecular weight excluding hydrogens is 370 g/mol. The van der Waals surface area contributed by atoms with Crippen LogP contribution in [0.1, 0.15) is 35.6 Å². The molecule has 1 atom stereocenters. The average molecular weight is 398 g/mol. The van der Waals surface area contributed by atoms with Gasteiger partial charge in [0.15, 0.2) is 9.84 Å². The molecule has 28 heavy (non-hydrogen) atoms. The Bertz CT molecular complexity index is 944. The Balaban J connectivity index is 1.80. The summed E-state index contributed by atoms with van der Waals surface area (Å²) in [6.45, 7) is 4.54. The molecule has 1 saturated heterocycles. The minimum Gasteiger partial charge on any atom is -0.331 e. The van der Waals surface area contributed by atoms with Gasteiger partial charge in [0.25, 0.3) is 0 Å². The second kappa shape index (κ2) is 8.74. The third kappa shape index (κ3) is 5.32. The van der Waals surface area contributed by atoms with Gasteiger partial charge in [0, 0.05) is 18.7 Å². The molecule has 1 fully saturated rings. The van der Waals surface area contributed by atoms with E-state index in [1.54, 1.807) is 17.1 Å². The molecule has 0 N–H and O–H groups in total. The highest BCUT2D eigenvalue weighted by Gasteiger charge is 2.34. The third-order valence-corrected chi connectivity index (χ3v) is 6.96. The van der Waals surface area contributed by atoms with Crippen LogP contribution in [0.5, 0.6) is 0 Å². The van der Waals surface area contributed by atoms with Gasteiger partial charge in [-0.1, -0.05) is 61.0 Å². The average Bonchev–Trinajstić information content (AvgIpc) is 3.05. The van der Waals surface area contributed by atoms with Crippen molar-refractivity contribution >= 4 is 21.8 Å². The van der Waals surface area contributed by atoms with Crippen LogP contribution >= 0.6 is 0 Å². The number of aryl methyl sites for hydroxylation is 2. The maximum absolute atomic E-state index is 13.0. The Kier molecular flexibility index (Phi) is 6.35. The van der Waals surface area contributed by atoms with Crippen molar-refractivity contribution in [2.24, 2.45) is 0 Å². The lowest BCUT2D eigenvalue weighted by Crippen LogP contribution is -2.39. The summed E-state index contributed by atoms with van der Waals surface area (Å²) in [5, 5.41) is 0. The highest BCUT2D eigenvalue weighted by molar-refractivity contribution is 7.91. The van der Waals surface area contributed by atoms with Crippen LogP contribution in [-0.4, -0.2) is 36.8 Å². The Hall–Kier alpha value is -2.40. The van der Waals surface area contributed by atoms with Gasteiger partial charge in [-0.2, -0.15) is 0 Å². The Labute approximate surface area is 167 Å².